The zero-order valence-corrected chi connectivity index (χ0v) is 44.3. The van der Waals surface area contributed by atoms with E-state index >= 15 is 0 Å². The molecule has 71 heavy (non-hydrogen) atoms. The first-order valence-corrected chi connectivity index (χ1v) is 27.1. The number of nitrogens with one attached hydrogen (secondary N) is 1. The zero-order chi connectivity index (χ0) is 53.2. The van der Waals surface area contributed by atoms with Crippen LogP contribution in [0, 0.1) is 0 Å². The number of aromatic nitrogens is 2. The van der Waals surface area contributed by atoms with E-state index in [9.17, 15) is 50.4 Å². The van der Waals surface area contributed by atoms with Crippen LogP contribution in [0.25, 0.3) is 0 Å². The summed E-state index contributed by atoms with van der Waals surface area (Å²) in [7, 11) is -8.16. The Kier molecular flexibility index (Phi) is 20.6. The maximum atomic E-state index is 13.4. The minimum absolute atomic E-state index is 0.0445. The number of sulfone groups is 1. The number of anilines is 1. The molecule has 1 amide bonds. The number of fused-ring (bicyclic) bond motifs is 1. The predicted molar refractivity (Wildman–Crippen MR) is 250 cm³/mol. The number of hydrogen-bond donors (Lipinski definition) is 2. The van der Waals surface area contributed by atoms with E-state index in [0.717, 1.165) is 45.5 Å². The van der Waals surface area contributed by atoms with Crippen LogP contribution in [0.1, 0.15) is 100 Å². The number of thiophene rings is 1. The van der Waals surface area contributed by atoms with Crippen molar-refractivity contribution in [3.63, 3.8) is 0 Å². The molecule has 398 valence electrons. The quantitative estimate of drug-likeness (QED) is 0.117. The molecule has 0 radical (unpaired) electrons. The van der Waals surface area contributed by atoms with Gasteiger partial charge in [0.2, 0.25) is 21.7 Å². The van der Waals surface area contributed by atoms with Gasteiger partial charge in [-0.2, -0.15) is 4.37 Å². The van der Waals surface area contributed by atoms with Crippen molar-refractivity contribution >= 4 is 90.5 Å². The smallest absolute Gasteiger partial charge is 0.347 e. The van der Waals surface area contributed by atoms with E-state index in [0.29, 0.717) is 43.5 Å². The molecule has 1 saturated heterocycles. The highest BCUT2D eigenvalue weighted by molar-refractivity contribution is 7.95. The molecule has 0 spiro atoms. The molecule has 3 N–H and O–H groups in total. The van der Waals surface area contributed by atoms with E-state index in [1.807, 2.05) is 25.7 Å². The van der Waals surface area contributed by atoms with E-state index in [-0.39, 0.29) is 51.5 Å². The third kappa shape index (κ3) is 16.5. The van der Waals surface area contributed by atoms with Crippen LogP contribution >= 0.6 is 23.1 Å². The van der Waals surface area contributed by atoms with Gasteiger partial charge in [-0.25, -0.2) is 45.9 Å². The fourth-order valence-electron chi connectivity index (χ4n) is 6.73. The molecule has 0 aromatic carbocycles. The predicted octanol–water partition coefficient (Wildman–Crippen LogP) is 1.36. The Balaban J connectivity index is 1.21. The van der Waals surface area contributed by atoms with Crippen LogP contribution in [-0.2, 0) is 86.6 Å². The number of nitrogens with two attached hydrogens (primary N) is 1. The Labute approximate surface area is 419 Å². The summed E-state index contributed by atoms with van der Waals surface area (Å²) in [6.07, 6.45) is -9.75. The summed E-state index contributed by atoms with van der Waals surface area (Å²) < 4.78 is 101. The second-order valence-corrected chi connectivity index (χ2v) is 23.5. The number of rotatable bonds is 23. The lowest BCUT2D eigenvalue weighted by Crippen LogP contribution is -2.45. The fraction of sp³-hybridized carbons (Fsp3) is 0.690. The SMILES string of the molecule is CCN(C(=O)CCC(=O)OC(C)C(=O)OC(C)C(=O)OC(C)C(=O)OC(C)C(=O)OC(C)C(=O)OC(CNC(C)(C)C)COc1nsnc1N1CCOCC1)[C@@H]1C[C@@H](C)S(=O)(=O)c2sc(S(N)(=O)=O)cc21. The first kappa shape index (κ1) is 58.5. The van der Waals surface area contributed by atoms with E-state index in [1.165, 1.54) is 18.7 Å². The minimum atomic E-state index is -4.25. The number of carbonyl (C=O) groups excluding carboxylic acids is 7. The molecular weight excluding hydrogens is 1020 g/mol. The van der Waals surface area contributed by atoms with E-state index in [2.05, 4.69) is 14.1 Å². The molecule has 0 saturated carbocycles. The van der Waals surface area contributed by atoms with Crippen LogP contribution < -0.4 is 20.1 Å². The summed E-state index contributed by atoms with van der Waals surface area (Å²) >= 11 is 1.47. The second kappa shape index (κ2) is 25.0. The molecule has 4 rings (SSSR count). The highest BCUT2D eigenvalue weighted by atomic mass is 32.3. The van der Waals surface area contributed by atoms with Crippen molar-refractivity contribution in [3.8, 4) is 5.88 Å². The van der Waals surface area contributed by atoms with Crippen LogP contribution in [0.2, 0.25) is 0 Å². The molecule has 8 atom stereocenters. The molecule has 2 aromatic rings. The van der Waals surface area contributed by atoms with Gasteiger partial charge in [0, 0.05) is 43.7 Å². The monoisotopic (exact) mass is 1080 g/mol. The first-order chi connectivity index (χ1) is 33.0. The third-order valence-electron chi connectivity index (χ3n) is 10.7. The molecule has 0 bridgehead atoms. The lowest BCUT2D eigenvalue weighted by molar-refractivity contribution is -0.187. The van der Waals surface area contributed by atoms with Crippen LogP contribution in [0.15, 0.2) is 14.5 Å². The summed E-state index contributed by atoms with van der Waals surface area (Å²) in [5.41, 5.74) is -0.257. The van der Waals surface area contributed by atoms with Gasteiger partial charge in [0.25, 0.3) is 5.88 Å². The average molecular weight is 1080 g/mol. The molecule has 2 aliphatic rings. The zero-order valence-electron chi connectivity index (χ0n) is 41.0. The first-order valence-electron chi connectivity index (χ1n) is 22.5. The van der Waals surface area contributed by atoms with E-state index < -0.39 is 122 Å². The van der Waals surface area contributed by atoms with E-state index in [4.69, 9.17) is 43.0 Å². The summed E-state index contributed by atoms with van der Waals surface area (Å²) in [6, 6.07) is 0.298. The average Bonchev–Trinajstić information content (AvgIpc) is 3.98. The summed E-state index contributed by atoms with van der Waals surface area (Å²) in [6.45, 7) is 17.0. The molecule has 2 aromatic heterocycles. The standard InChI is InChI=1S/C42H62N6O19S4/c1-11-48(30-18-22(2)70(56,57)41-29(30)19-33(68-41)71(43,58)59)31(49)12-13-32(50)62-23(3)36(51)63-24(4)37(52)64-25(5)38(53)65-26(6)39(54)66-27(7)40(55)67-28(20-44-42(8,9)10)21-61-35-34(45-69-46-35)47-14-16-60-17-15-47/h19,22-28,30,44H,11-18,20-21H2,1-10H3,(H2,43,58,59)/t22-,23?,24?,25?,26?,27?,28?,30-/m1/s1. The van der Waals surface area contributed by atoms with Crippen molar-refractivity contribution in [2.45, 2.75) is 150 Å². The summed E-state index contributed by atoms with van der Waals surface area (Å²) in [4.78, 5) is 93.6. The van der Waals surface area contributed by atoms with Crippen LogP contribution in [0.4, 0.5) is 5.82 Å². The Morgan fingerprint density at radius 2 is 1.35 bits per heavy atom. The van der Waals surface area contributed by atoms with Crippen molar-refractivity contribution in [2.75, 3.05) is 50.9 Å². The topological polar surface area (TPSA) is 332 Å². The van der Waals surface area contributed by atoms with Crippen molar-refractivity contribution in [2.24, 2.45) is 5.14 Å². The van der Waals surface area contributed by atoms with Gasteiger partial charge in [0.1, 0.15) is 21.1 Å². The Bertz CT molecular complexity index is 2470. The lowest BCUT2D eigenvalue weighted by Gasteiger charge is -2.36. The maximum absolute atomic E-state index is 13.4. The number of nitrogens with zero attached hydrogens (tertiary/aromatic N) is 4. The highest BCUT2D eigenvalue weighted by Crippen LogP contribution is 2.45. The van der Waals surface area contributed by atoms with Crippen molar-refractivity contribution in [1.82, 2.24) is 19.0 Å². The van der Waals surface area contributed by atoms with Gasteiger partial charge < -0.3 is 53.0 Å². The van der Waals surface area contributed by atoms with Crippen LogP contribution in [-0.4, -0.2) is 166 Å². The fourth-order valence-corrected chi connectivity index (χ4v) is 11.6. The van der Waals surface area contributed by atoms with Gasteiger partial charge >= 0.3 is 35.8 Å². The number of esters is 6. The van der Waals surface area contributed by atoms with Crippen molar-refractivity contribution in [3.05, 3.63) is 11.6 Å². The number of morpholine rings is 1. The Morgan fingerprint density at radius 3 is 1.85 bits per heavy atom. The number of amides is 1. The number of hydrogen-bond acceptors (Lipinski definition) is 25. The van der Waals surface area contributed by atoms with Gasteiger partial charge in [-0.3, -0.25) is 9.59 Å². The Morgan fingerprint density at radius 1 is 0.845 bits per heavy atom. The van der Waals surface area contributed by atoms with Gasteiger partial charge in [-0.15, -0.1) is 15.7 Å². The molecule has 1 fully saturated rings. The Hall–Kier alpha value is -5.07. The lowest BCUT2D eigenvalue weighted by atomic mass is 10.0. The number of carbonyl (C=O) groups is 7. The number of ether oxygens (including phenoxy) is 8. The van der Waals surface area contributed by atoms with Crippen LogP contribution in [0.3, 0.4) is 0 Å². The minimum Gasteiger partial charge on any atom is -0.470 e. The van der Waals surface area contributed by atoms with E-state index in [1.54, 1.807) is 6.92 Å². The van der Waals surface area contributed by atoms with Crippen LogP contribution in [0.5, 0.6) is 5.88 Å². The summed E-state index contributed by atoms with van der Waals surface area (Å²) in [5.74, 6) is -6.42. The second-order valence-electron chi connectivity index (χ2n) is 17.6. The molecule has 4 heterocycles. The molecular formula is C42H62N6O19S4. The molecule has 0 aliphatic carbocycles. The third-order valence-corrected chi connectivity index (χ3v) is 16.5. The maximum Gasteiger partial charge on any atom is 0.347 e. The largest absolute Gasteiger partial charge is 0.470 e. The molecule has 29 heteroatoms. The number of primary sulfonamides is 1. The molecule has 25 nitrogen and oxygen atoms in total. The molecule has 2 aliphatic heterocycles. The number of sulfonamides is 1. The van der Waals surface area contributed by atoms with Crippen molar-refractivity contribution in [1.29, 1.82) is 0 Å². The molecule has 6 unspecified atom stereocenters. The normalized spacial score (nSPS) is 19.3. The van der Waals surface area contributed by atoms with Gasteiger partial charge in [0.05, 0.1) is 42.7 Å². The highest BCUT2D eigenvalue weighted by Gasteiger charge is 2.43. The van der Waals surface area contributed by atoms with Crippen molar-refractivity contribution < 1.29 is 88.3 Å². The van der Waals surface area contributed by atoms with Gasteiger partial charge in [-0.05, 0) is 81.7 Å². The summed E-state index contributed by atoms with van der Waals surface area (Å²) in [5, 5.41) is 7.53. The van der Waals surface area contributed by atoms with Gasteiger partial charge in [0.15, 0.2) is 40.4 Å². The van der Waals surface area contributed by atoms with Gasteiger partial charge in [-0.1, -0.05) is 0 Å².